The van der Waals surface area contributed by atoms with Gasteiger partial charge in [-0.25, -0.2) is 0 Å². The molecular weight excluding hydrogens is 224 g/mol. The van der Waals surface area contributed by atoms with Crippen LogP contribution in [0.15, 0.2) is 16.5 Å². The number of nitrogens with zero attached hydrogens (tertiary/aromatic N) is 1. The fourth-order valence-electron chi connectivity index (χ4n) is 2.82. The van der Waals surface area contributed by atoms with Gasteiger partial charge in [0.25, 0.3) is 0 Å². The van der Waals surface area contributed by atoms with Crippen LogP contribution in [0.5, 0.6) is 0 Å². The summed E-state index contributed by atoms with van der Waals surface area (Å²) >= 11 is 0. The molecule has 1 aliphatic rings. The van der Waals surface area contributed by atoms with Gasteiger partial charge >= 0.3 is 0 Å². The lowest BCUT2D eigenvalue weighted by Gasteiger charge is -2.29. The van der Waals surface area contributed by atoms with Crippen LogP contribution in [-0.4, -0.2) is 31.1 Å². The van der Waals surface area contributed by atoms with E-state index in [-0.39, 0.29) is 0 Å². The molecule has 1 heterocycles. The number of hydrogen-bond donors (Lipinski definition) is 1. The van der Waals surface area contributed by atoms with Crippen LogP contribution in [-0.2, 0) is 6.42 Å². The van der Waals surface area contributed by atoms with Gasteiger partial charge in [0.1, 0.15) is 11.5 Å². The van der Waals surface area contributed by atoms with Crippen molar-refractivity contribution < 1.29 is 4.42 Å². The lowest BCUT2D eigenvalue weighted by molar-refractivity contribution is 0.223. The lowest BCUT2D eigenvalue weighted by atomic mass is 9.86. The third-order valence-corrected chi connectivity index (χ3v) is 4.00. The van der Waals surface area contributed by atoms with Gasteiger partial charge in [-0.05, 0) is 57.7 Å². The monoisotopic (exact) mass is 250 g/mol. The third kappa shape index (κ3) is 4.14. The number of furan rings is 1. The highest BCUT2D eigenvalue weighted by atomic mass is 16.3. The summed E-state index contributed by atoms with van der Waals surface area (Å²) in [6.07, 6.45) is 6.01. The first-order valence-corrected chi connectivity index (χ1v) is 7.13. The van der Waals surface area contributed by atoms with Crippen molar-refractivity contribution in [1.29, 1.82) is 0 Å². The van der Waals surface area contributed by atoms with Crippen molar-refractivity contribution in [3.05, 3.63) is 23.7 Å². The predicted molar refractivity (Wildman–Crippen MR) is 74.6 cm³/mol. The minimum Gasteiger partial charge on any atom is -0.466 e. The van der Waals surface area contributed by atoms with Crippen LogP contribution in [0.3, 0.4) is 0 Å². The molecule has 2 N–H and O–H groups in total. The number of nitrogens with two attached hydrogens (primary N) is 1. The molecule has 102 valence electrons. The summed E-state index contributed by atoms with van der Waals surface area (Å²) in [6.45, 7) is 4.28. The van der Waals surface area contributed by atoms with E-state index >= 15 is 0 Å². The van der Waals surface area contributed by atoms with Gasteiger partial charge in [-0.15, -0.1) is 0 Å². The predicted octanol–water partition coefficient (Wildman–Crippen LogP) is 2.58. The Hall–Kier alpha value is -0.800. The Labute approximate surface area is 110 Å². The normalized spacial score (nSPS) is 24.7. The number of aryl methyl sites for hydroxylation is 1. The molecule has 0 radical (unpaired) electrons. The number of likely N-dealkylation sites (N-methyl/N-ethyl adjacent to an activating group) is 1. The van der Waals surface area contributed by atoms with Crippen LogP contribution in [0.25, 0.3) is 0 Å². The molecule has 0 aliphatic heterocycles. The first kappa shape index (κ1) is 13.6. The van der Waals surface area contributed by atoms with Crippen LogP contribution in [0.2, 0.25) is 0 Å². The smallest absolute Gasteiger partial charge is 0.105 e. The summed E-state index contributed by atoms with van der Waals surface area (Å²) in [4.78, 5) is 2.43. The second kappa shape index (κ2) is 6.39. The van der Waals surface area contributed by atoms with Crippen molar-refractivity contribution in [2.45, 2.75) is 45.1 Å². The van der Waals surface area contributed by atoms with E-state index in [9.17, 15) is 0 Å². The second-order valence-corrected chi connectivity index (χ2v) is 5.81. The SMILES string of the molecule is Cc1ccc(CCN(C)CC2CCC(N)CC2)o1. The average molecular weight is 250 g/mol. The highest BCUT2D eigenvalue weighted by molar-refractivity contribution is 5.05. The van der Waals surface area contributed by atoms with Gasteiger partial charge < -0.3 is 15.1 Å². The molecular formula is C15H26N2O. The highest BCUT2D eigenvalue weighted by Gasteiger charge is 2.19. The molecule has 1 aliphatic carbocycles. The van der Waals surface area contributed by atoms with E-state index in [0.29, 0.717) is 6.04 Å². The Kier molecular flexibility index (Phi) is 4.84. The Morgan fingerprint density at radius 3 is 2.61 bits per heavy atom. The zero-order valence-corrected chi connectivity index (χ0v) is 11.7. The average Bonchev–Trinajstić information content (AvgIpc) is 2.76. The van der Waals surface area contributed by atoms with Gasteiger partial charge in [-0.1, -0.05) is 0 Å². The molecule has 1 saturated carbocycles. The molecule has 0 amide bonds. The van der Waals surface area contributed by atoms with E-state index < -0.39 is 0 Å². The first-order chi connectivity index (χ1) is 8.63. The van der Waals surface area contributed by atoms with Gasteiger partial charge in [-0.3, -0.25) is 0 Å². The molecule has 0 bridgehead atoms. The van der Waals surface area contributed by atoms with Crippen LogP contribution < -0.4 is 5.73 Å². The lowest BCUT2D eigenvalue weighted by Crippen LogP contribution is -2.33. The molecule has 0 atom stereocenters. The van der Waals surface area contributed by atoms with Gasteiger partial charge in [0.2, 0.25) is 0 Å². The molecule has 0 saturated heterocycles. The maximum atomic E-state index is 5.94. The number of rotatable bonds is 5. The third-order valence-electron chi connectivity index (χ3n) is 4.00. The molecule has 1 aromatic heterocycles. The Balaban J connectivity index is 1.67. The molecule has 18 heavy (non-hydrogen) atoms. The maximum Gasteiger partial charge on any atom is 0.105 e. The van der Waals surface area contributed by atoms with Crippen molar-refractivity contribution >= 4 is 0 Å². The molecule has 3 heteroatoms. The molecule has 3 nitrogen and oxygen atoms in total. The van der Waals surface area contributed by atoms with E-state index in [1.807, 2.05) is 13.0 Å². The van der Waals surface area contributed by atoms with Crippen LogP contribution >= 0.6 is 0 Å². The fraction of sp³-hybridized carbons (Fsp3) is 0.733. The minimum atomic E-state index is 0.456. The summed E-state index contributed by atoms with van der Waals surface area (Å²) in [5.74, 6) is 2.95. The van der Waals surface area contributed by atoms with Gasteiger partial charge in [0.15, 0.2) is 0 Å². The quantitative estimate of drug-likeness (QED) is 0.873. The van der Waals surface area contributed by atoms with Crippen molar-refractivity contribution in [3.8, 4) is 0 Å². The maximum absolute atomic E-state index is 5.94. The summed E-state index contributed by atoms with van der Waals surface area (Å²) in [7, 11) is 2.21. The topological polar surface area (TPSA) is 42.4 Å². The minimum absolute atomic E-state index is 0.456. The van der Waals surface area contributed by atoms with Gasteiger partial charge in [0.05, 0.1) is 0 Å². The Morgan fingerprint density at radius 1 is 1.28 bits per heavy atom. The molecule has 1 fully saturated rings. The van der Waals surface area contributed by atoms with E-state index in [1.54, 1.807) is 0 Å². The van der Waals surface area contributed by atoms with E-state index in [4.69, 9.17) is 10.2 Å². The van der Waals surface area contributed by atoms with Gasteiger partial charge in [-0.2, -0.15) is 0 Å². The van der Waals surface area contributed by atoms with Crippen molar-refractivity contribution in [2.24, 2.45) is 11.7 Å². The largest absolute Gasteiger partial charge is 0.466 e. The standard InChI is InChI=1S/C15H26N2O/c1-12-3-8-15(18-12)9-10-17(2)11-13-4-6-14(16)7-5-13/h3,8,13-14H,4-7,9-11,16H2,1-2H3. The van der Waals surface area contributed by atoms with E-state index in [0.717, 1.165) is 30.4 Å². The number of hydrogen-bond acceptors (Lipinski definition) is 3. The van der Waals surface area contributed by atoms with Crippen LogP contribution in [0, 0.1) is 12.8 Å². The van der Waals surface area contributed by atoms with Crippen molar-refractivity contribution in [1.82, 2.24) is 4.90 Å². The molecule has 1 aromatic rings. The van der Waals surface area contributed by atoms with Crippen molar-refractivity contribution in [2.75, 3.05) is 20.1 Å². The van der Waals surface area contributed by atoms with Crippen molar-refractivity contribution in [3.63, 3.8) is 0 Å². The van der Waals surface area contributed by atoms with E-state index in [2.05, 4.69) is 18.0 Å². The summed E-state index contributed by atoms with van der Waals surface area (Å²) < 4.78 is 5.59. The molecule has 0 unspecified atom stereocenters. The van der Waals surface area contributed by atoms with Crippen LogP contribution in [0.1, 0.15) is 37.2 Å². The Bertz CT molecular complexity index is 353. The first-order valence-electron chi connectivity index (χ1n) is 7.13. The summed E-state index contributed by atoms with van der Waals surface area (Å²) in [6, 6.07) is 4.58. The zero-order valence-electron chi connectivity index (χ0n) is 11.7. The Morgan fingerprint density at radius 2 is 2.00 bits per heavy atom. The highest BCUT2D eigenvalue weighted by Crippen LogP contribution is 2.23. The summed E-state index contributed by atoms with van der Waals surface area (Å²) in [5.41, 5.74) is 5.94. The zero-order chi connectivity index (χ0) is 13.0. The molecule has 0 spiro atoms. The second-order valence-electron chi connectivity index (χ2n) is 5.81. The van der Waals surface area contributed by atoms with Crippen LogP contribution in [0.4, 0.5) is 0 Å². The van der Waals surface area contributed by atoms with E-state index in [1.165, 1.54) is 32.2 Å². The fourth-order valence-corrected chi connectivity index (χ4v) is 2.82. The summed E-state index contributed by atoms with van der Waals surface area (Å²) in [5, 5.41) is 0. The molecule has 0 aromatic carbocycles. The molecule has 2 rings (SSSR count). The van der Waals surface area contributed by atoms with Gasteiger partial charge in [0, 0.05) is 25.6 Å².